The van der Waals surface area contributed by atoms with E-state index in [1.54, 1.807) is 6.08 Å². The summed E-state index contributed by atoms with van der Waals surface area (Å²) in [6.45, 7) is 14.9. The van der Waals surface area contributed by atoms with Crippen LogP contribution >= 0.6 is 0 Å². The summed E-state index contributed by atoms with van der Waals surface area (Å²) in [4.78, 5) is 1.86. The zero-order valence-electron chi connectivity index (χ0n) is 8.31. The van der Waals surface area contributed by atoms with Crippen molar-refractivity contribution in [3.05, 3.63) is 49.1 Å². The summed E-state index contributed by atoms with van der Waals surface area (Å²) in [5.41, 5.74) is 1.63. The lowest BCUT2D eigenvalue weighted by Gasteiger charge is -2.23. The summed E-state index contributed by atoms with van der Waals surface area (Å²) in [5.74, 6) is -0.451. The van der Waals surface area contributed by atoms with Crippen molar-refractivity contribution in [1.82, 2.24) is 4.90 Å². The third-order valence-corrected chi connectivity index (χ3v) is 1.56. The zero-order chi connectivity index (χ0) is 10.4. The van der Waals surface area contributed by atoms with Crippen molar-refractivity contribution < 1.29 is 4.39 Å². The quantitative estimate of drug-likeness (QED) is 0.464. The summed E-state index contributed by atoms with van der Waals surface area (Å²) in [6.07, 6.45) is 3.12. The molecule has 0 amide bonds. The van der Waals surface area contributed by atoms with Crippen LogP contribution in [0.1, 0.15) is 13.8 Å². The Labute approximate surface area is 79.6 Å². The van der Waals surface area contributed by atoms with Gasteiger partial charge in [0.1, 0.15) is 5.83 Å². The Morgan fingerprint density at radius 3 is 2.23 bits per heavy atom. The summed E-state index contributed by atoms with van der Waals surface area (Å²) in [5, 5.41) is 0. The number of allylic oxidation sites excluding steroid dienone is 4. The normalized spacial score (nSPS) is 10.8. The molecule has 13 heavy (non-hydrogen) atoms. The van der Waals surface area contributed by atoms with E-state index in [2.05, 4.69) is 19.7 Å². The fourth-order valence-electron chi connectivity index (χ4n) is 1.03. The largest absolute Gasteiger partial charge is 0.346 e. The molecular weight excluding hydrogens is 165 g/mol. The highest BCUT2D eigenvalue weighted by molar-refractivity contribution is 5.17. The fraction of sp³-hybridized carbons (Fsp3) is 0.273. The van der Waals surface area contributed by atoms with Gasteiger partial charge in [0.2, 0.25) is 0 Å². The van der Waals surface area contributed by atoms with Crippen molar-refractivity contribution in [2.75, 3.05) is 6.54 Å². The maximum atomic E-state index is 12.5. The van der Waals surface area contributed by atoms with E-state index in [9.17, 15) is 4.39 Å². The maximum Gasteiger partial charge on any atom is 0.117 e. The van der Waals surface area contributed by atoms with E-state index in [4.69, 9.17) is 0 Å². The van der Waals surface area contributed by atoms with Gasteiger partial charge < -0.3 is 4.90 Å². The lowest BCUT2D eigenvalue weighted by Crippen LogP contribution is -2.18. The Bertz CT molecular complexity index is 251. The van der Waals surface area contributed by atoms with Gasteiger partial charge in [0.05, 0.1) is 0 Å². The molecule has 2 heteroatoms. The molecule has 0 saturated heterocycles. The van der Waals surface area contributed by atoms with Crippen molar-refractivity contribution in [3.8, 4) is 0 Å². The molecule has 0 aromatic rings. The van der Waals surface area contributed by atoms with Gasteiger partial charge in [-0.25, -0.2) is 4.39 Å². The molecule has 72 valence electrons. The minimum atomic E-state index is -0.451. The second-order valence-corrected chi connectivity index (χ2v) is 2.87. The van der Waals surface area contributed by atoms with E-state index in [-0.39, 0.29) is 0 Å². The second kappa shape index (κ2) is 5.36. The number of nitrogens with zero attached hydrogens (tertiary/aromatic N) is 1. The van der Waals surface area contributed by atoms with E-state index in [1.807, 2.05) is 18.7 Å². The highest BCUT2D eigenvalue weighted by atomic mass is 19.1. The number of hydrogen-bond donors (Lipinski definition) is 0. The van der Waals surface area contributed by atoms with Crippen LogP contribution in [0.25, 0.3) is 0 Å². The third kappa shape index (κ3) is 4.31. The molecule has 0 unspecified atom stereocenters. The van der Waals surface area contributed by atoms with E-state index in [0.29, 0.717) is 6.54 Å². The summed E-state index contributed by atoms with van der Waals surface area (Å²) >= 11 is 0. The Kier molecular flexibility index (Phi) is 4.82. The van der Waals surface area contributed by atoms with Crippen LogP contribution in [0.3, 0.4) is 0 Å². The number of rotatable bonds is 5. The average Bonchev–Trinajstić information content (AvgIpc) is 1.97. The predicted molar refractivity (Wildman–Crippen MR) is 55.7 cm³/mol. The van der Waals surface area contributed by atoms with Crippen molar-refractivity contribution in [3.63, 3.8) is 0 Å². The zero-order valence-corrected chi connectivity index (χ0v) is 8.31. The Hall–Kier alpha value is -1.31. The fourth-order valence-corrected chi connectivity index (χ4v) is 1.03. The third-order valence-electron chi connectivity index (χ3n) is 1.56. The Morgan fingerprint density at radius 1 is 1.38 bits per heavy atom. The molecule has 0 atom stereocenters. The van der Waals surface area contributed by atoms with Crippen LogP contribution in [0.5, 0.6) is 0 Å². The second-order valence-electron chi connectivity index (χ2n) is 2.87. The summed E-state index contributed by atoms with van der Waals surface area (Å²) in [7, 11) is 0. The number of hydrogen-bond acceptors (Lipinski definition) is 1. The first-order valence-corrected chi connectivity index (χ1v) is 4.05. The SMILES string of the molecule is C=CCN(C(=C)C)/C(C)=C/C(=C)F. The van der Waals surface area contributed by atoms with Crippen LogP contribution in [0, 0.1) is 0 Å². The van der Waals surface area contributed by atoms with E-state index in [0.717, 1.165) is 11.4 Å². The lowest BCUT2D eigenvalue weighted by molar-refractivity contribution is 0.474. The predicted octanol–water partition coefficient (Wildman–Crippen LogP) is 3.40. The van der Waals surface area contributed by atoms with Crippen LogP contribution in [-0.2, 0) is 0 Å². The van der Waals surface area contributed by atoms with Gasteiger partial charge in [-0.15, -0.1) is 6.58 Å². The summed E-state index contributed by atoms with van der Waals surface area (Å²) < 4.78 is 12.5. The van der Waals surface area contributed by atoms with Crippen LogP contribution in [-0.4, -0.2) is 11.4 Å². The van der Waals surface area contributed by atoms with Crippen molar-refractivity contribution in [1.29, 1.82) is 0 Å². The molecule has 0 spiro atoms. The smallest absolute Gasteiger partial charge is 0.117 e. The van der Waals surface area contributed by atoms with Crippen LogP contribution in [0.2, 0.25) is 0 Å². The molecule has 0 aliphatic carbocycles. The van der Waals surface area contributed by atoms with Crippen LogP contribution < -0.4 is 0 Å². The lowest BCUT2D eigenvalue weighted by atomic mass is 10.3. The molecule has 0 fully saturated rings. The van der Waals surface area contributed by atoms with Gasteiger partial charge in [-0.3, -0.25) is 0 Å². The standard InChI is InChI=1S/C11H16FN/c1-6-7-13(9(2)3)11(5)8-10(4)12/h6,8H,1-2,4,7H2,3,5H3/b11-8+. The molecule has 0 bridgehead atoms. The van der Waals surface area contributed by atoms with Crippen molar-refractivity contribution >= 4 is 0 Å². The average molecular weight is 181 g/mol. The Morgan fingerprint density at radius 2 is 1.92 bits per heavy atom. The van der Waals surface area contributed by atoms with Gasteiger partial charge in [0.25, 0.3) is 0 Å². The molecule has 0 saturated carbocycles. The number of halogens is 1. The van der Waals surface area contributed by atoms with E-state index >= 15 is 0 Å². The highest BCUT2D eigenvalue weighted by Crippen LogP contribution is 2.12. The molecule has 0 heterocycles. The molecular formula is C11H16FN. The van der Waals surface area contributed by atoms with Crippen molar-refractivity contribution in [2.24, 2.45) is 0 Å². The monoisotopic (exact) mass is 181 g/mol. The summed E-state index contributed by atoms with van der Waals surface area (Å²) in [6, 6.07) is 0. The molecule has 0 N–H and O–H groups in total. The molecule has 0 aromatic carbocycles. The van der Waals surface area contributed by atoms with E-state index in [1.165, 1.54) is 6.08 Å². The van der Waals surface area contributed by atoms with Gasteiger partial charge in [-0.05, 0) is 19.9 Å². The van der Waals surface area contributed by atoms with E-state index < -0.39 is 5.83 Å². The molecule has 0 rings (SSSR count). The first-order chi connectivity index (χ1) is 5.99. The first-order valence-electron chi connectivity index (χ1n) is 4.05. The molecule has 1 nitrogen and oxygen atoms in total. The first kappa shape index (κ1) is 11.7. The Balaban J connectivity index is 4.63. The van der Waals surface area contributed by atoms with Gasteiger partial charge in [-0.2, -0.15) is 0 Å². The maximum absolute atomic E-state index is 12.5. The van der Waals surface area contributed by atoms with Gasteiger partial charge in [0.15, 0.2) is 0 Å². The minimum Gasteiger partial charge on any atom is -0.346 e. The van der Waals surface area contributed by atoms with Gasteiger partial charge in [-0.1, -0.05) is 19.2 Å². The molecule has 0 radical (unpaired) electrons. The minimum absolute atomic E-state index is 0.451. The molecule has 0 aliphatic heterocycles. The van der Waals surface area contributed by atoms with Gasteiger partial charge >= 0.3 is 0 Å². The molecule has 0 aromatic heterocycles. The van der Waals surface area contributed by atoms with Crippen LogP contribution in [0.15, 0.2) is 49.1 Å². The topological polar surface area (TPSA) is 3.24 Å². The van der Waals surface area contributed by atoms with Gasteiger partial charge in [0, 0.05) is 17.9 Å². The van der Waals surface area contributed by atoms with Crippen molar-refractivity contribution in [2.45, 2.75) is 13.8 Å². The van der Waals surface area contributed by atoms with Crippen LogP contribution in [0.4, 0.5) is 4.39 Å². The molecule has 0 aliphatic rings. The highest BCUT2D eigenvalue weighted by Gasteiger charge is 2.03.